The number of rotatable bonds is 5. The summed E-state index contributed by atoms with van der Waals surface area (Å²) in [6.45, 7) is 1.97. The summed E-state index contributed by atoms with van der Waals surface area (Å²) >= 11 is 0. The Morgan fingerprint density at radius 3 is 2.47 bits per heavy atom. The van der Waals surface area contributed by atoms with Gasteiger partial charge < -0.3 is 5.73 Å². The minimum atomic E-state index is -0.130. The average molecular weight is 204 g/mol. The number of carbonyl (C=O) groups excluding carboxylic acids is 1. The molecule has 1 atom stereocenters. The molecule has 15 heavy (non-hydrogen) atoms. The molecular formula is C12H16N2O. The second-order valence-electron chi connectivity index (χ2n) is 3.54. The highest BCUT2D eigenvalue weighted by molar-refractivity contribution is 6.01. The van der Waals surface area contributed by atoms with Crippen LogP contribution in [0.25, 0.3) is 0 Å². The number of amidine groups is 1. The maximum atomic E-state index is 11.8. The summed E-state index contributed by atoms with van der Waals surface area (Å²) in [6, 6.07) is 9.63. The first-order valence-corrected chi connectivity index (χ1v) is 5.05. The largest absolute Gasteiger partial charge is 0.387 e. The highest BCUT2D eigenvalue weighted by Crippen LogP contribution is 2.21. The van der Waals surface area contributed by atoms with E-state index in [1.165, 1.54) is 0 Å². The van der Waals surface area contributed by atoms with E-state index in [9.17, 15) is 4.79 Å². The number of benzene rings is 1. The summed E-state index contributed by atoms with van der Waals surface area (Å²) in [4.78, 5) is 11.8. The Balaban J connectivity index is 2.80. The van der Waals surface area contributed by atoms with E-state index in [0.29, 0.717) is 0 Å². The molecule has 0 fully saturated rings. The molecule has 0 saturated heterocycles. The standard InChI is InChI=1S/C12H16N2O/c1-2-10(11(15)8-12(13)14)9-6-4-3-5-7-9/h3-7,10H,2,8H2,1H3,(H3,13,14). The van der Waals surface area contributed by atoms with Gasteiger partial charge >= 0.3 is 0 Å². The molecule has 1 aromatic rings. The summed E-state index contributed by atoms with van der Waals surface area (Å²) in [5, 5.41) is 7.11. The van der Waals surface area contributed by atoms with Gasteiger partial charge in [-0.25, -0.2) is 0 Å². The van der Waals surface area contributed by atoms with Crippen LogP contribution in [0.15, 0.2) is 30.3 Å². The Labute approximate surface area is 89.8 Å². The summed E-state index contributed by atoms with van der Waals surface area (Å²) < 4.78 is 0. The van der Waals surface area contributed by atoms with E-state index in [1.54, 1.807) is 0 Å². The van der Waals surface area contributed by atoms with Crippen LogP contribution >= 0.6 is 0 Å². The lowest BCUT2D eigenvalue weighted by atomic mass is 9.90. The van der Waals surface area contributed by atoms with Crippen molar-refractivity contribution in [2.45, 2.75) is 25.7 Å². The highest BCUT2D eigenvalue weighted by atomic mass is 16.1. The van der Waals surface area contributed by atoms with Crippen molar-refractivity contribution < 1.29 is 4.79 Å². The third-order valence-electron chi connectivity index (χ3n) is 2.36. The fourth-order valence-corrected chi connectivity index (χ4v) is 1.65. The summed E-state index contributed by atoms with van der Waals surface area (Å²) in [6.07, 6.45) is 0.795. The molecule has 0 aliphatic heterocycles. The summed E-state index contributed by atoms with van der Waals surface area (Å²) in [5.41, 5.74) is 6.23. The van der Waals surface area contributed by atoms with E-state index in [0.717, 1.165) is 12.0 Å². The molecule has 0 aliphatic carbocycles. The molecule has 0 saturated carbocycles. The number of hydrogen-bond acceptors (Lipinski definition) is 2. The van der Waals surface area contributed by atoms with Gasteiger partial charge in [-0.05, 0) is 12.0 Å². The first-order valence-electron chi connectivity index (χ1n) is 5.05. The molecule has 3 nitrogen and oxygen atoms in total. The molecule has 1 aromatic carbocycles. The quantitative estimate of drug-likeness (QED) is 0.569. The lowest BCUT2D eigenvalue weighted by Gasteiger charge is -2.13. The van der Waals surface area contributed by atoms with Gasteiger partial charge in [-0.1, -0.05) is 37.3 Å². The molecule has 1 unspecified atom stereocenters. The smallest absolute Gasteiger partial charge is 0.147 e. The second-order valence-corrected chi connectivity index (χ2v) is 3.54. The van der Waals surface area contributed by atoms with Gasteiger partial charge in [0.05, 0.1) is 12.3 Å². The van der Waals surface area contributed by atoms with Gasteiger partial charge in [0.25, 0.3) is 0 Å². The van der Waals surface area contributed by atoms with Crippen LogP contribution in [0.3, 0.4) is 0 Å². The van der Waals surface area contributed by atoms with Gasteiger partial charge in [0, 0.05) is 5.92 Å². The summed E-state index contributed by atoms with van der Waals surface area (Å²) in [7, 11) is 0. The molecule has 0 bridgehead atoms. The fourth-order valence-electron chi connectivity index (χ4n) is 1.65. The predicted octanol–water partition coefficient (Wildman–Crippen LogP) is 2.08. The van der Waals surface area contributed by atoms with Gasteiger partial charge in [-0.3, -0.25) is 10.2 Å². The minimum Gasteiger partial charge on any atom is -0.387 e. The second kappa shape index (κ2) is 5.29. The Morgan fingerprint density at radius 1 is 1.40 bits per heavy atom. The van der Waals surface area contributed by atoms with Crippen molar-refractivity contribution in [3.05, 3.63) is 35.9 Å². The van der Waals surface area contributed by atoms with Crippen LogP contribution in [0.5, 0.6) is 0 Å². The molecule has 0 heterocycles. The van der Waals surface area contributed by atoms with Crippen molar-refractivity contribution in [2.75, 3.05) is 0 Å². The molecule has 0 aliphatic rings. The third kappa shape index (κ3) is 3.20. The molecule has 0 radical (unpaired) electrons. The molecule has 3 N–H and O–H groups in total. The van der Waals surface area contributed by atoms with E-state index < -0.39 is 0 Å². The van der Waals surface area contributed by atoms with Crippen LogP contribution in [0.2, 0.25) is 0 Å². The Morgan fingerprint density at radius 2 is 2.00 bits per heavy atom. The molecule has 1 rings (SSSR count). The fraction of sp³-hybridized carbons (Fsp3) is 0.333. The zero-order valence-corrected chi connectivity index (χ0v) is 8.86. The average Bonchev–Trinajstić information content (AvgIpc) is 2.19. The molecule has 0 spiro atoms. The lowest BCUT2D eigenvalue weighted by Crippen LogP contribution is -2.20. The van der Waals surface area contributed by atoms with Gasteiger partial charge in [0.15, 0.2) is 0 Å². The van der Waals surface area contributed by atoms with E-state index >= 15 is 0 Å². The van der Waals surface area contributed by atoms with Crippen LogP contribution in [0, 0.1) is 5.41 Å². The van der Waals surface area contributed by atoms with Crippen LogP contribution in [-0.2, 0) is 4.79 Å². The molecule has 3 heteroatoms. The Kier molecular flexibility index (Phi) is 4.03. The van der Waals surface area contributed by atoms with Gasteiger partial charge in [0.1, 0.15) is 5.78 Å². The zero-order chi connectivity index (χ0) is 11.3. The maximum Gasteiger partial charge on any atom is 0.147 e. The van der Waals surface area contributed by atoms with Crippen LogP contribution in [0.1, 0.15) is 31.2 Å². The van der Waals surface area contributed by atoms with Crippen LogP contribution in [-0.4, -0.2) is 11.6 Å². The van der Waals surface area contributed by atoms with Gasteiger partial charge in [-0.15, -0.1) is 0 Å². The number of nitrogens with two attached hydrogens (primary N) is 1. The van der Waals surface area contributed by atoms with E-state index in [4.69, 9.17) is 11.1 Å². The zero-order valence-electron chi connectivity index (χ0n) is 8.86. The molecule has 0 amide bonds. The molecule has 80 valence electrons. The van der Waals surface area contributed by atoms with E-state index in [-0.39, 0.29) is 24.0 Å². The minimum absolute atomic E-state index is 0.0243. The topological polar surface area (TPSA) is 66.9 Å². The number of nitrogens with one attached hydrogen (secondary N) is 1. The highest BCUT2D eigenvalue weighted by Gasteiger charge is 2.18. The molecular weight excluding hydrogens is 188 g/mol. The van der Waals surface area contributed by atoms with E-state index in [1.807, 2.05) is 37.3 Å². The molecule has 0 aromatic heterocycles. The third-order valence-corrected chi connectivity index (χ3v) is 2.36. The number of Topliss-reactive ketones (excluding diaryl/α,β-unsaturated/α-hetero) is 1. The number of carbonyl (C=O) groups is 1. The van der Waals surface area contributed by atoms with Crippen molar-refractivity contribution in [1.82, 2.24) is 0 Å². The number of hydrogen-bond donors (Lipinski definition) is 2. The van der Waals surface area contributed by atoms with Gasteiger partial charge in [-0.2, -0.15) is 0 Å². The van der Waals surface area contributed by atoms with Crippen LogP contribution in [0.4, 0.5) is 0 Å². The Hall–Kier alpha value is -1.64. The van der Waals surface area contributed by atoms with Gasteiger partial charge in [0.2, 0.25) is 0 Å². The van der Waals surface area contributed by atoms with E-state index in [2.05, 4.69) is 0 Å². The predicted molar refractivity (Wildman–Crippen MR) is 61.0 cm³/mol. The maximum absolute atomic E-state index is 11.8. The lowest BCUT2D eigenvalue weighted by molar-refractivity contribution is -0.119. The van der Waals surface area contributed by atoms with Crippen LogP contribution < -0.4 is 5.73 Å². The first-order chi connectivity index (χ1) is 7.15. The van der Waals surface area contributed by atoms with Crippen molar-refractivity contribution >= 4 is 11.6 Å². The van der Waals surface area contributed by atoms with Crippen molar-refractivity contribution in [1.29, 1.82) is 5.41 Å². The van der Waals surface area contributed by atoms with Crippen molar-refractivity contribution in [3.8, 4) is 0 Å². The van der Waals surface area contributed by atoms with Crippen molar-refractivity contribution in [2.24, 2.45) is 5.73 Å². The first kappa shape index (κ1) is 11.4. The number of ketones is 1. The van der Waals surface area contributed by atoms with Crippen molar-refractivity contribution in [3.63, 3.8) is 0 Å². The monoisotopic (exact) mass is 204 g/mol. The summed E-state index contributed by atoms with van der Waals surface area (Å²) in [5.74, 6) is -0.166. The normalized spacial score (nSPS) is 12.1. The SMILES string of the molecule is CCC(C(=O)CC(=N)N)c1ccccc1. The Bertz CT molecular complexity index is 346.